The van der Waals surface area contributed by atoms with Gasteiger partial charge in [0.2, 0.25) is 0 Å². The van der Waals surface area contributed by atoms with Crippen LogP contribution in [0, 0.1) is 12.7 Å². The second-order valence-corrected chi connectivity index (χ2v) is 3.12. The van der Waals surface area contributed by atoms with Crippen molar-refractivity contribution >= 4 is 11.4 Å². The van der Waals surface area contributed by atoms with Gasteiger partial charge in [-0.3, -0.25) is 0 Å². The van der Waals surface area contributed by atoms with Gasteiger partial charge in [0.15, 0.2) is 0 Å². The molecular formula is C11H10FNO. The maximum absolute atomic E-state index is 13.3. The van der Waals surface area contributed by atoms with Gasteiger partial charge >= 0.3 is 0 Å². The molecule has 0 aliphatic rings. The van der Waals surface area contributed by atoms with Gasteiger partial charge in [0.25, 0.3) is 0 Å². The molecule has 0 spiro atoms. The maximum atomic E-state index is 13.3. The number of hydrogen-bond acceptors (Lipinski definition) is 2. The van der Waals surface area contributed by atoms with Crippen LogP contribution < -0.4 is 5.32 Å². The van der Waals surface area contributed by atoms with Crippen LogP contribution >= 0.6 is 0 Å². The van der Waals surface area contributed by atoms with E-state index in [4.69, 9.17) is 4.42 Å². The first-order chi connectivity index (χ1) is 6.75. The van der Waals surface area contributed by atoms with Gasteiger partial charge in [0.1, 0.15) is 12.1 Å². The Morgan fingerprint density at radius 1 is 1.29 bits per heavy atom. The van der Waals surface area contributed by atoms with Crippen LogP contribution in [0.15, 0.2) is 41.2 Å². The number of anilines is 2. The molecule has 14 heavy (non-hydrogen) atoms. The quantitative estimate of drug-likeness (QED) is 0.786. The van der Waals surface area contributed by atoms with E-state index in [1.807, 2.05) is 13.0 Å². The second-order valence-electron chi connectivity index (χ2n) is 3.12. The predicted molar refractivity (Wildman–Crippen MR) is 53.1 cm³/mol. The van der Waals surface area contributed by atoms with E-state index in [2.05, 4.69) is 5.32 Å². The van der Waals surface area contributed by atoms with Crippen molar-refractivity contribution in [2.24, 2.45) is 0 Å². The summed E-state index contributed by atoms with van der Waals surface area (Å²) >= 11 is 0. The summed E-state index contributed by atoms with van der Waals surface area (Å²) < 4.78 is 18.2. The lowest BCUT2D eigenvalue weighted by atomic mass is 10.2. The fraction of sp³-hybridized carbons (Fsp3) is 0.0909. The average molecular weight is 191 g/mol. The Morgan fingerprint density at radius 3 is 2.79 bits per heavy atom. The van der Waals surface area contributed by atoms with Gasteiger partial charge in [-0.25, -0.2) is 4.39 Å². The highest BCUT2D eigenvalue weighted by atomic mass is 19.1. The third kappa shape index (κ3) is 1.76. The molecule has 0 fully saturated rings. The Kier molecular flexibility index (Phi) is 2.23. The monoisotopic (exact) mass is 191 g/mol. The van der Waals surface area contributed by atoms with Crippen molar-refractivity contribution in [3.63, 3.8) is 0 Å². The molecule has 1 aromatic heterocycles. The van der Waals surface area contributed by atoms with Crippen LogP contribution in [0.2, 0.25) is 0 Å². The first kappa shape index (κ1) is 8.81. The Hall–Kier alpha value is -1.77. The summed E-state index contributed by atoms with van der Waals surface area (Å²) in [6.07, 6.45) is 3.06. The molecule has 0 saturated heterocycles. The molecule has 2 nitrogen and oxygen atoms in total. The maximum Gasteiger partial charge on any atom is 0.146 e. The van der Waals surface area contributed by atoms with Crippen LogP contribution in [0.1, 0.15) is 5.56 Å². The number of hydrogen-bond donors (Lipinski definition) is 1. The number of benzene rings is 1. The van der Waals surface area contributed by atoms with Crippen LogP contribution in [-0.2, 0) is 0 Å². The summed E-state index contributed by atoms with van der Waals surface area (Å²) in [5.74, 6) is -0.258. The van der Waals surface area contributed by atoms with Crippen LogP contribution in [0.5, 0.6) is 0 Å². The van der Waals surface area contributed by atoms with E-state index >= 15 is 0 Å². The fourth-order valence-electron chi connectivity index (χ4n) is 1.21. The summed E-state index contributed by atoms with van der Waals surface area (Å²) in [5.41, 5.74) is 2.10. The summed E-state index contributed by atoms with van der Waals surface area (Å²) in [5, 5.41) is 2.91. The molecule has 0 radical (unpaired) electrons. The molecule has 1 N–H and O–H groups in total. The Bertz CT molecular complexity index is 423. The van der Waals surface area contributed by atoms with E-state index in [-0.39, 0.29) is 5.82 Å². The number of aryl methyl sites for hydroxylation is 1. The standard InChI is InChI=1S/C11H10FNO/c1-8-2-3-11(10(12)6-8)13-9-4-5-14-7-9/h2-7,13H,1H3. The first-order valence-corrected chi connectivity index (χ1v) is 4.31. The number of nitrogens with one attached hydrogen (secondary N) is 1. The Labute approximate surface area is 81.4 Å². The highest BCUT2D eigenvalue weighted by Gasteiger charge is 2.02. The van der Waals surface area contributed by atoms with E-state index in [0.29, 0.717) is 5.69 Å². The zero-order chi connectivity index (χ0) is 9.97. The van der Waals surface area contributed by atoms with E-state index in [1.165, 1.54) is 18.6 Å². The van der Waals surface area contributed by atoms with E-state index < -0.39 is 0 Å². The normalized spacial score (nSPS) is 10.1. The summed E-state index contributed by atoms with van der Waals surface area (Å²) in [7, 11) is 0. The van der Waals surface area contributed by atoms with Crippen LogP contribution in [0.4, 0.5) is 15.8 Å². The lowest BCUT2D eigenvalue weighted by Gasteiger charge is -2.04. The Morgan fingerprint density at radius 2 is 2.14 bits per heavy atom. The van der Waals surface area contributed by atoms with Gasteiger partial charge in [0, 0.05) is 0 Å². The van der Waals surface area contributed by atoms with Crippen LogP contribution in [0.25, 0.3) is 0 Å². The molecule has 3 heteroatoms. The van der Waals surface area contributed by atoms with Gasteiger partial charge in [-0.05, 0) is 30.7 Å². The van der Waals surface area contributed by atoms with E-state index in [9.17, 15) is 4.39 Å². The molecule has 0 saturated carbocycles. The lowest BCUT2D eigenvalue weighted by molar-refractivity contribution is 0.568. The number of rotatable bonds is 2. The van der Waals surface area contributed by atoms with Crippen molar-refractivity contribution in [3.8, 4) is 0 Å². The van der Waals surface area contributed by atoms with Crippen molar-refractivity contribution in [2.45, 2.75) is 6.92 Å². The molecular weight excluding hydrogens is 181 g/mol. The summed E-state index contributed by atoms with van der Waals surface area (Å²) in [4.78, 5) is 0. The molecule has 0 aliphatic carbocycles. The fourth-order valence-corrected chi connectivity index (χ4v) is 1.21. The predicted octanol–water partition coefficient (Wildman–Crippen LogP) is 3.47. The van der Waals surface area contributed by atoms with Gasteiger partial charge in [0.05, 0.1) is 17.6 Å². The average Bonchev–Trinajstić information content (AvgIpc) is 2.62. The number of halogens is 1. The molecule has 1 heterocycles. The van der Waals surface area contributed by atoms with Crippen molar-refractivity contribution in [3.05, 3.63) is 48.2 Å². The van der Waals surface area contributed by atoms with Gasteiger partial charge in [-0.15, -0.1) is 0 Å². The molecule has 72 valence electrons. The minimum Gasteiger partial charge on any atom is -0.470 e. The SMILES string of the molecule is Cc1ccc(Nc2ccoc2)c(F)c1. The van der Waals surface area contributed by atoms with Gasteiger partial charge in [-0.2, -0.15) is 0 Å². The molecule has 0 amide bonds. The second kappa shape index (κ2) is 3.54. The molecule has 0 bridgehead atoms. The van der Waals surface area contributed by atoms with Crippen molar-refractivity contribution in [2.75, 3.05) is 5.32 Å². The highest BCUT2D eigenvalue weighted by Crippen LogP contribution is 2.20. The first-order valence-electron chi connectivity index (χ1n) is 4.31. The third-order valence-electron chi connectivity index (χ3n) is 1.92. The molecule has 0 aliphatic heterocycles. The third-order valence-corrected chi connectivity index (χ3v) is 1.92. The zero-order valence-corrected chi connectivity index (χ0v) is 7.75. The smallest absolute Gasteiger partial charge is 0.146 e. The lowest BCUT2D eigenvalue weighted by Crippen LogP contribution is -1.92. The minimum absolute atomic E-state index is 0.258. The molecule has 0 unspecified atom stereocenters. The molecule has 0 atom stereocenters. The number of furan rings is 1. The van der Waals surface area contributed by atoms with E-state index in [0.717, 1.165) is 11.3 Å². The summed E-state index contributed by atoms with van der Waals surface area (Å²) in [6, 6.07) is 6.78. The van der Waals surface area contributed by atoms with Crippen molar-refractivity contribution in [1.29, 1.82) is 0 Å². The zero-order valence-electron chi connectivity index (χ0n) is 7.75. The summed E-state index contributed by atoms with van der Waals surface area (Å²) in [6.45, 7) is 1.85. The molecule has 2 aromatic rings. The minimum atomic E-state index is -0.258. The van der Waals surface area contributed by atoms with Crippen LogP contribution in [-0.4, -0.2) is 0 Å². The highest BCUT2D eigenvalue weighted by molar-refractivity contribution is 5.59. The van der Waals surface area contributed by atoms with Gasteiger partial charge in [-0.1, -0.05) is 6.07 Å². The van der Waals surface area contributed by atoms with Gasteiger partial charge < -0.3 is 9.73 Å². The molecule has 1 aromatic carbocycles. The van der Waals surface area contributed by atoms with Crippen LogP contribution in [0.3, 0.4) is 0 Å². The topological polar surface area (TPSA) is 25.2 Å². The molecule has 2 rings (SSSR count). The van der Waals surface area contributed by atoms with Crippen molar-refractivity contribution in [1.82, 2.24) is 0 Å². The largest absolute Gasteiger partial charge is 0.470 e. The Balaban J connectivity index is 2.25. The van der Waals surface area contributed by atoms with E-state index in [1.54, 1.807) is 12.1 Å². The van der Waals surface area contributed by atoms with Crippen molar-refractivity contribution < 1.29 is 8.81 Å².